The van der Waals surface area contributed by atoms with Crippen molar-refractivity contribution >= 4 is 28.8 Å². The molecule has 4 rings (SSSR count). The smallest absolute Gasteiger partial charge is 0.338 e. The number of benzene rings is 1. The fourth-order valence-corrected chi connectivity index (χ4v) is 5.40. The molecule has 1 fully saturated rings. The molecule has 0 bridgehead atoms. The average Bonchev–Trinajstić information content (AvgIpc) is 3.21. The van der Waals surface area contributed by atoms with Crippen LogP contribution < -0.4 is 0 Å². The quantitative estimate of drug-likeness (QED) is 0.433. The van der Waals surface area contributed by atoms with Gasteiger partial charge in [0.1, 0.15) is 6.61 Å². The lowest BCUT2D eigenvalue weighted by Crippen LogP contribution is -2.42. The third kappa shape index (κ3) is 5.06. The van der Waals surface area contributed by atoms with E-state index in [0.29, 0.717) is 44.2 Å². The number of carbonyl (C=O) groups excluding carboxylic acids is 2. The van der Waals surface area contributed by atoms with Crippen LogP contribution in [0.4, 0.5) is 0 Å². The van der Waals surface area contributed by atoms with Gasteiger partial charge in [-0.2, -0.15) is 0 Å². The van der Waals surface area contributed by atoms with Crippen LogP contribution in [0.25, 0.3) is 0 Å². The molecule has 34 heavy (non-hydrogen) atoms. The highest BCUT2D eigenvalue weighted by molar-refractivity contribution is 8.16. The van der Waals surface area contributed by atoms with Crippen LogP contribution in [0.3, 0.4) is 0 Å². The minimum atomic E-state index is -0.429. The van der Waals surface area contributed by atoms with E-state index in [-0.39, 0.29) is 18.9 Å². The lowest BCUT2D eigenvalue weighted by atomic mass is 9.90. The molecule has 1 saturated heterocycles. The maximum Gasteiger partial charge on any atom is 0.338 e. The normalized spacial score (nSPS) is 20.2. The number of methoxy groups -OCH3 is 1. The van der Waals surface area contributed by atoms with Crippen LogP contribution in [0.1, 0.15) is 36.1 Å². The van der Waals surface area contributed by atoms with Gasteiger partial charge in [-0.15, -0.1) is 0 Å². The molecule has 0 N–H and O–H groups in total. The van der Waals surface area contributed by atoms with E-state index < -0.39 is 12.0 Å². The number of ether oxygens (including phenoxy) is 3. The summed E-state index contributed by atoms with van der Waals surface area (Å²) in [4.78, 5) is 34.9. The summed E-state index contributed by atoms with van der Waals surface area (Å²) in [6.45, 7) is 8.71. The van der Waals surface area contributed by atoms with E-state index in [9.17, 15) is 9.59 Å². The SMILES string of the molecule is COCCOC(=O)C1=C(C)N=C2SC=C(CC(=O)N3CCOCC3)N2C1c1ccc(C)cc1C. The van der Waals surface area contributed by atoms with E-state index in [1.54, 1.807) is 7.11 Å². The highest BCUT2D eigenvalue weighted by Crippen LogP contribution is 2.45. The minimum Gasteiger partial charge on any atom is -0.460 e. The number of thioether (sulfide) groups is 1. The molecule has 9 heteroatoms. The second-order valence-electron chi connectivity index (χ2n) is 8.55. The van der Waals surface area contributed by atoms with E-state index in [2.05, 4.69) is 12.1 Å². The molecule has 1 aromatic rings. The van der Waals surface area contributed by atoms with Crippen molar-refractivity contribution in [2.75, 3.05) is 46.6 Å². The fraction of sp³-hybridized carbons (Fsp3) is 0.480. The van der Waals surface area contributed by atoms with Gasteiger partial charge in [0.2, 0.25) is 5.91 Å². The zero-order valence-electron chi connectivity index (χ0n) is 20.1. The number of esters is 1. The molecule has 0 spiro atoms. The molecule has 0 aliphatic carbocycles. The van der Waals surface area contributed by atoms with Crippen molar-refractivity contribution in [2.24, 2.45) is 4.99 Å². The lowest BCUT2D eigenvalue weighted by Gasteiger charge is -2.37. The van der Waals surface area contributed by atoms with Crippen LogP contribution in [-0.2, 0) is 23.8 Å². The Morgan fingerprint density at radius 1 is 1.18 bits per heavy atom. The molecule has 0 aromatic heterocycles. The molecular formula is C25H31N3O5S. The number of fused-ring (bicyclic) bond motifs is 1. The average molecular weight is 486 g/mol. The molecule has 182 valence electrons. The Morgan fingerprint density at radius 3 is 2.65 bits per heavy atom. The first-order valence-corrected chi connectivity index (χ1v) is 12.3. The van der Waals surface area contributed by atoms with E-state index >= 15 is 0 Å². The number of carbonyl (C=O) groups is 2. The number of aliphatic imine (C=N–C) groups is 1. The summed E-state index contributed by atoms with van der Waals surface area (Å²) < 4.78 is 16.0. The molecule has 1 unspecified atom stereocenters. The van der Waals surface area contributed by atoms with Crippen molar-refractivity contribution in [2.45, 2.75) is 33.2 Å². The molecule has 1 amide bonds. The number of allylic oxidation sites excluding steroid dienone is 1. The van der Waals surface area contributed by atoms with Gasteiger partial charge in [0.25, 0.3) is 0 Å². The van der Waals surface area contributed by atoms with E-state index in [1.807, 2.05) is 42.0 Å². The molecule has 8 nitrogen and oxygen atoms in total. The van der Waals surface area contributed by atoms with Crippen molar-refractivity contribution in [1.29, 1.82) is 0 Å². The first kappa shape index (κ1) is 24.5. The monoisotopic (exact) mass is 485 g/mol. The fourth-order valence-electron chi connectivity index (χ4n) is 4.43. The Labute approximate surface area is 204 Å². The van der Waals surface area contributed by atoms with Crippen LogP contribution in [0.2, 0.25) is 0 Å². The summed E-state index contributed by atoms with van der Waals surface area (Å²) in [7, 11) is 1.57. The van der Waals surface area contributed by atoms with Crippen LogP contribution in [0.15, 0.2) is 45.6 Å². The first-order chi connectivity index (χ1) is 16.4. The molecule has 3 aliphatic heterocycles. The molecule has 3 heterocycles. The second kappa shape index (κ2) is 10.8. The predicted octanol–water partition coefficient (Wildman–Crippen LogP) is 3.32. The van der Waals surface area contributed by atoms with Gasteiger partial charge in [-0.25, -0.2) is 9.79 Å². The zero-order chi connectivity index (χ0) is 24.2. The first-order valence-electron chi connectivity index (χ1n) is 11.4. The van der Waals surface area contributed by atoms with Gasteiger partial charge in [-0.05, 0) is 37.3 Å². The number of morpholine rings is 1. The van der Waals surface area contributed by atoms with Gasteiger partial charge in [0.15, 0.2) is 5.17 Å². The standard InChI is InChI=1S/C25H31N3O5S/c1-16-5-6-20(17(2)13-16)23-22(24(30)33-12-11-31-4)18(3)26-25-28(23)19(15-34-25)14-21(29)27-7-9-32-10-8-27/h5-6,13,15,23H,7-12,14H2,1-4H3. The lowest BCUT2D eigenvalue weighted by molar-refractivity contribution is -0.141. The van der Waals surface area contributed by atoms with Crippen molar-refractivity contribution in [3.63, 3.8) is 0 Å². The van der Waals surface area contributed by atoms with E-state index in [0.717, 1.165) is 27.6 Å². The maximum atomic E-state index is 13.3. The summed E-state index contributed by atoms with van der Waals surface area (Å²) in [5.41, 5.74) is 5.14. The van der Waals surface area contributed by atoms with Crippen LogP contribution in [-0.4, -0.2) is 73.5 Å². The molecule has 0 saturated carbocycles. The van der Waals surface area contributed by atoms with E-state index in [4.69, 9.17) is 19.2 Å². The Hall–Kier alpha value is -2.62. The summed E-state index contributed by atoms with van der Waals surface area (Å²) >= 11 is 1.48. The molecule has 1 aromatic carbocycles. The number of aryl methyl sites for hydroxylation is 2. The van der Waals surface area contributed by atoms with E-state index in [1.165, 1.54) is 11.8 Å². The molecule has 0 radical (unpaired) electrons. The van der Waals surface area contributed by atoms with Gasteiger partial charge >= 0.3 is 5.97 Å². The van der Waals surface area contributed by atoms with Gasteiger partial charge in [0, 0.05) is 25.9 Å². The van der Waals surface area contributed by atoms with Gasteiger partial charge in [0.05, 0.1) is 43.6 Å². The highest BCUT2D eigenvalue weighted by atomic mass is 32.2. The van der Waals surface area contributed by atoms with Gasteiger partial charge in [-0.3, -0.25) is 4.79 Å². The Kier molecular flexibility index (Phi) is 7.75. The number of amidine groups is 1. The minimum absolute atomic E-state index is 0.0475. The van der Waals surface area contributed by atoms with Crippen molar-refractivity contribution in [1.82, 2.24) is 9.80 Å². The maximum absolute atomic E-state index is 13.3. The van der Waals surface area contributed by atoms with Crippen molar-refractivity contribution in [3.8, 4) is 0 Å². The summed E-state index contributed by atoms with van der Waals surface area (Å²) in [5, 5.41) is 2.74. The summed E-state index contributed by atoms with van der Waals surface area (Å²) in [6, 6.07) is 5.78. The number of rotatable bonds is 7. The molecular weight excluding hydrogens is 454 g/mol. The van der Waals surface area contributed by atoms with Crippen LogP contribution >= 0.6 is 11.8 Å². The highest BCUT2D eigenvalue weighted by Gasteiger charge is 2.42. The number of hydrogen-bond acceptors (Lipinski definition) is 8. The Balaban J connectivity index is 1.69. The van der Waals surface area contributed by atoms with Crippen LogP contribution in [0.5, 0.6) is 0 Å². The number of amides is 1. The van der Waals surface area contributed by atoms with Gasteiger partial charge in [-0.1, -0.05) is 35.5 Å². The second-order valence-corrected chi connectivity index (χ2v) is 9.39. The Morgan fingerprint density at radius 2 is 1.94 bits per heavy atom. The summed E-state index contributed by atoms with van der Waals surface area (Å²) in [6.07, 6.45) is 0.235. The molecule has 3 aliphatic rings. The predicted molar refractivity (Wildman–Crippen MR) is 131 cm³/mol. The largest absolute Gasteiger partial charge is 0.460 e. The Bertz CT molecular complexity index is 1060. The molecule has 1 atom stereocenters. The third-order valence-electron chi connectivity index (χ3n) is 6.16. The summed E-state index contributed by atoms with van der Waals surface area (Å²) in [5.74, 6) is -0.371. The van der Waals surface area contributed by atoms with Gasteiger partial charge < -0.3 is 24.0 Å². The number of nitrogens with zero attached hydrogens (tertiary/aromatic N) is 3. The van der Waals surface area contributed by atoms with Crippen molar-refractivity contribution < 1.29 is 23.8 Å². The zero-order valence-corrected chi connectivity index (χ0v) is 20.9. The third-order valence-corrected chi connectivity index (χ3v) is 7.05. The van der Waals surface area contributed by atoms with Crippen molar-refractivity contribution in [3.05, 3.63) is 57.3 Å². The van der Waals surface area contributed by atoms with Crippen LogP contribution in [0, 0.1) is 13.8 Å². The number of hydrogen-bond donors (Lipinski definition) is 0. The topological polar surface area (TPSA) is 80.7 Å².